The molecule has 1 aromatic heterocycles. The number of carboxylic acid groups (broad SMARTS) is 1. The minimum absolute atomic E-state index is 0.0775. The van der Waals surface area contributed by atoms with Gasteiger partial charge in [0, 0.05) is 28.7 Å². The molecule has 0 unspecified atom stereocenters. The van der Waals surface area contributed by atoms with Crippen molar-refractivity contribution < 1.29 is 14.6 Å². The zero-order chi connectivity index (χ0) is 20.3. The molecule has 0 amide bonds. The summed E-state index contributed by atoms with van der Waals surface area (Å²) >= 11 is 12.6. The summed E-state index contributed by atoms with van der Waals surface area (Å²) in [6, 6.07) is 9.63. The molecule has 148 valence electrons. The molecule has 0 spiro atoms. The van der Waals surface area contributed by atoms with Gasteiger partial charge in [-0.05, 0) is 67.6 Å². The molecule has 0 fully saturated rings. The minimum Gasteiger partial charge on any atom is -0.494 e. The quantitative estimate of drug-likeness (QED) is 0.452. The van der Waals surface area contributed by atoms with Gasteiger partial charge in [-0.1, -0.05) is 29.3 Å². The van der Waals surface area contributed by atoms with Gasteiger partial charge in [0.2, 0.25) is 0 Å². The molecule has 4 nitrogen and oxygen atoms in total. The van der Waals surface area contributed by atoms with Gasteiger partial charge >= 0.3 is 5.97 Å². The van der Waals surface area contributed by atoms with Gasteiger partial charge in [-0.3, -0.25) is 4.79 Å². The molecule has 0 aliphatic heterocycles. The molecule has 1 heterocycles. The van der Waals surface area contributed by atoms with E-state index in [0.29, 0.717) is 18.2 Å². The van der Waals surface area contributed by atoms with Crippen molar-refractivity contribution in [3.8, 4) is 5.75 Å². The van der Waals surface area contributed by atoms with E-state index in [4.69, 9.17) is 33.0 Å². The lowest BCUT2D eigenvalue weighted by molar-refractivity contribution is -0.137. The van der Waals surface area contributed by atoms with E-state index in [2.05, 4.69) is 0 Å². The summed E-state index contributed by atoms with van der Waals surface area (Å²) < 4.78 is 7.87. The van der Waals surface area contributed by atoms with Crippen molar-refractivity contribution in [2.45, 2.75) is 39.7 Å². The number of aliphatic carboxylic acids is 1. The third kappa shape index (κ3) is 4.62. The number of carbonyl (C=O) groups is 1. The lowest BCUT2D eigenvalue weighted by Crippen LogP contribution is -2.03. The van der Waals surface area contributed by atoms with Crippen LogP contribution in [0.25, 0.3) is 10.9 Å². The third-order valence-electron chi connectivity index (χ3n) is 4.77. The Kier molecular flexibility index (Phi) is 6.53. The highest BCUT2D eigenvalue weighted by Crippen LogP contribution is 2.30. The largest absolute Gasteiger partial charge is 0.494 e. The number of benzene rings is 2. The highest BCUT2D eigenvalue weighted by molar-refractivity contribution is 6.35. The average molecular weight is 420 g/mol. The second-order valence-corrected chi connectivity index (χ2v) is 7.73. The van der Waals surface area contributed by atoms with Gasteiger partial charge in [-0.25, -0.2) is 0 Å². The van der Waals surface area contributed by atoms with Crippen LogP contribution in [0, 0.1) is 13.8 Å². The van der Waals surface area contributed by atoms with Gasteiger partial charge in [-0.15, -0.1) is 0 Å². The second-order valence-electron chi connectivity index (χ2n) is 6.95. The lowest BCUT2D eigenvalue weighted by atomic mass is 10.1. The fourth-order valence-corrected chi connectivity index (χ4v) is 3.83. The van der Waals surface area contributed by atoms with Crippen molar-refractivity contribution in [2.75, 3.05) is 6.61 Å². The highest BCUT2D eigenvalue weighted by atomic mass is 35.5. The molecule has 1 N–H and O–H groups in total. The Morgan fingerprint density at radius 1 is 1.18 bits per heavy atom. The summed E-state index contributed by atoms with van der Waals surface area (Å²) in [5, 5.41) is 11.4. The van der Waals surface area contributed by atoms with Crippen LogP contribution in [0.1, 0.15) is 29.5 Å². The van der Waals surface area contributed by atoms with Crippen molar-refractivity contribution in [2.24, 2.45) is 0 Å². The molecule has 0 saturated heterocycles. The summed E-state index contributed by atoms with van der Waals surface area (Å²) in [6.07, 6.45) is 3.71. The van der Waals surface area contributed by atoms with Crippen LogP contribution in [-0.2, 0) is 17.8 Å². The molecule has 2 aromatic carbocycles. The number of aryl methyl sites for hydroxylation is 4. The van der Waals surface area contributed by atoms with Crippen LogP contribution in [0.5, 0.6) is 5.75 Å². The van der Waals surface area contributed by atoms with Crippen LogP contribution in [0.4, 0.5) is 0 Å². The molecule has 28 heavy (non-hydrogen) atoms. The number of hydrogen-bond donors (Lipinski definition) is 1. The first-order valence-electron chi connectivity index (χ1n) is 9.24. The smallest absolute Gasteiger partial charge is 0.305 e. The molecule has 6 heteroatoms. The number of aromatic nitrogens is 1. The summed E-state index contributed by atoms with van der Waals surface area (Å²) in [5.74, 6) is 0.00805. The number of fused-ring (bicyclic) bond motifs is 1. The van der Waals surface area contributed by atoms with E-state index in [9.17, 15) is 4.79 Å². The molecule has 0 aliphatic rings. The van der Waals surface area contributed by atoms with Crippen molar-refractivity contribution >= 4 is 40.1 Å². The van der Waals surface area contributed by atoms with Gasteiger partial charge < -0.3 is 14.4 Å². The Balaban J connectivity index is 1.69. The SMILES string of the molecule is Cc1cc(OCCCc2cn(CCC(=O)O)c3cccc(Cl)c23)cc(C)c1Cl. The molecule has 0 atom stereocenters. The zero-order valence-electron chi connectivity index (χ0n) is 16.0. The van der Waals surface area contributed by atoms with Crippen molar-refractivity contribution in [3.63, 3.8) is 0 Å². The van der Waals surface area contributed by atoms with Gasteiger partial charge in [-0.2, -0.15) is 0 Å². The Morgan fingerprint density at radius 2 is 1.89 bits per heavy atom. The van der Waals surface area contributed by atoms with Crippen LogP contribution in [0.3, 0.4) is 0 Å². The molecule has 0 aliphatic carbocycles. The number of carboxylic acids is 1. The predicted octanol–water partition coefficient (Wildman–Crippen LogP) is 6.05. The first-order valence-corrected chi connectivity index (χ1v) is 10.00. The van der Waals surface area contributed by atoms with E-state index in [0.717, 1.165) is 51.2 Å². The van der Waals surface area contributed by atoms with E-state index in [1.807, 2.05) is 54.9 Å². The van der Waals surface area contributed by atoms with E-state index < -0.39 is 5.97 Å². The minimum atomic E-state index is -0.813. The van der Waals surface area contributed by atoms with E-state index in [-0.39, 0.29) is 6.42 Å². The Bertz CT molecular complexity index is 987. The highest BCUT2D eigenvalue weighted by Gasteiger charge is 2.12. The maximum Gasteiger partial charge on any atom is 0.305 e. The molecule has 0 radical (unpaired) electrons. The first-order chi connectivity index (χ1) is 13.4. The third-order valence-corrected chi connectivity index (χ3v) is 5.68. The number of ether oxygens (including phenoxy) is 1. The van der Waals surface area contributed by atoms with Gasteiger partial charge in [0.1, 0.15) is 5.75 Å². The number of halogens is 2. The Labute approximate surface area is 174 Å². The maximum absolute atomic E-state index is 10.9. The van der Waals surface area contributed by atoms with Crippen molar-refractivity contribution in [1.82, 2.24) is 4.57 Å². The summed E-state index contributed by atoms with van der Waals surface area (Å²) in [7, 11) is 0. The van der Waals surface area contributed by atoms with Crippen LogP contribution in [-0.4, -0.2) is 22.2 Å². The maximum atomic E-state index is 10.9. The van der Waals surface area contributed by atoms with Crippen LogP contribution >= 0.6 is 23.2 Å². The summed E-state index contributed by atoms with van der Waals surface area (Å²) in [4.78, 5) is 10.9. The average Bonchev–Trinajstić information content (AvgIpc) is 3.00. The molecular formula is C22H23Cl2NO3. The monoisotopic (exact) mass is 419 g/mol. The Morgan fingerprint density at radius 3 is 2.57 bits per heavy atom. The number of hydrogen-bond acceptors (Lipinski definition) is 2. The second kappa shape index (κ2) is 8.89. The fraction of sp³-hybridized carbons (Fsp3) is 0.318. The zero-order valence-corrected chi connectivity index (χ0v) is 17.5. The molecule has 0 saturated carbocycles. The lowest BCUT2D eigenvalue weighted by Gasteiger charge is -2.10. The molecular weight excluding hydrogens is 397 g/mol. The fourth-order valence-electron chi connectivity index (χ4n) is 3.42. The van der Waals surface area contributed by atoms with Gasteiger partial charge in [0.15, 0.2) is 0 Å². The van der Waals surface area contributed by atoms with E-state index >= 15 is 0 Å². The summed E-state index contributed by atoms with van der Waals surface area (Å²) in [5.41, 5.74) is 4.08. The van der Waals surface area contributed by atoms with Crippen LogP contribution in [0.2, 0.25) is 10.0 Å². The van der Waals surface area contributed by atoms with Gasteiger partial charge in [0.05, 0.1) is 18.1 Å². The molecule has 0 bridgehead atoms. The normalized spacial score (nSPS) is 11.1. The standard InChI is InChI=1S/C22H23Cl2NO3/c1-14-11-17(12-15(2)22(14)24)28-10-4-5-16-13-25(9-8-20(26)27)19-7-3-6-18(23)21(16)19/h3,6-7,11-13H,4-5,8-10H2,1-2H3,(H,26,27). The van der Waals surface area contributed by atoms with Crippen molar-refractivity contribution in [3.05, 3.63) is 63.3 Å². The van der Waals surface area contributed by atoms with Crippen molar-refractivity contribution in [1.29, 1.82) is 0 Å². The number of nitrogens with zero attached hydrogens (tertiary/aromatic N) is 1. The Hall–Kier alpha value is -2.17. The van der Waals surface area contributed by atoms with Crippen LogP contribution in [0.15, 0.2) is 36.5 Å². The summed E-state index contributed by atoms with van der Waals surface area (Å²) in [6.45, 7) is 4.94. The topological polar surface area (TPSA) is 51.5 Å². The first kappa shape index (κ1) is 20.6. The predicted molar refractivity (Wildman–Crippen MR) is 114 cm³/mol. The van der Waals surface area contributed by atoms with E-state index in [1.54, 1.807) is 0 Å². The number of rotatable bonds is 8. The van der Waals surface area contributed by atoms with Crippen LogP contribution < -0.4 is 4.74 Å². The molecule has 3 aromatic rings. The molecule has 3 rings (SSSR count). The van der Waals surface area contributed by atoms with E-state index in [1.165, 1.54) is 0 Å². The van der Waals surface area contributed by atoms with Gasteiger partial charge in [0.25, 0.3) is 0 Å².